The zero-order valence-corrected chi connectivity index (χ0v) is 14.0. The number of hydrogen-bond acceptors (Lipinski definition) is 3. The van der Waals surface area contributed by atoms with Crippen molar-refractivity contribution >= 4 is 48.9 Å². The van der Waals surface area contributed by atoms with E-state index in [0.717, 1.165) is 14.2 Å². The Morgan fingerprint density at radius 2 is 2.05 bits per heavy atom. The fourth-order valence-electron chi connectivity index (χ4n) is 1.52. The number of rotatable bonds is 4. The first-order valence-corrected chi connectivity index (χ1v) is 8.85. The highest BCUT2D eigenvalue weighted by Crippen LogP contribution is 2.25. The van der Waals surface area contributed by atoms with Gasteiger partial charge in [0, 0.05) is 20.8 Å². The van der Waals surface area contributed by atoms with E-state index in [9.17, 15) is 8.42 Å². The van der Waals surface area contributed by atoms with E-state index in [1.165, 1.54) is 6.07 Å². The summed E-state index contributed by atoms with van der Waals surface area (Å²) in [5, 5.41) is 0.198. The van der Waals surface area contributed by atoms with Crippen LogP contribution in [0.1, 0.15) is 9.75 Å². The van der Waals surface area contributed by atoms with Crippen molar-refractivity contribution in [2.24, 2.45) is 0 Å². The summed E-state index contributed by atoms with van der Waals surface area (Å²) in [6.45, 7) is 2.25. The minimum Gasteiger partial charge on any atom is -0.207 e. The number of aryl methyl sites for hydroxylation is 1. The predicted octanol–water partition coefficient (Wildman–Crippen LogP) is 3.95. The highest BCUT2D eigenvalue weighted by molar-refractivity contribution is 9.10. The van der Waals surface area contributed by atoms with E-state index in [2.05, 4.69) is 20.7 Å². The number of halogens is 2. The van der Waals surface area contributed by atoms with Crippen LogP contribution in [-0.2, 0) is 16.6 Å². The molecule has 0 saturated carbocycles. The Labute approximate surface area is 129 Å². The van der Waals surface area contributed by atoms with Crippen LogP contribution in [0, 0.1) is 6.92 Å². The summed E-state index contributed by atoms with van der Waals surface area (Å²) in [5.41, 5.74) is 0. The summed E-state index contributed by atoms with van der Waals surface area (Å²) in [6.07, 6.45) is 0. The lowest BCUT2D eigenvalue weighted by Crippen LogP contribution is -2.23. The van der Waals surface area contributed by atoms with Crippen LogP contribution in [0.4, 0.5) is 0 Å². The molecule has 7 heteroatoms. The molecule has 0 aliphatic heterocycles. The van der Waals surface area contributed by atoms with Crippen LogP contribution in [0.15, 0.2) is 39.7 Å². The number of sulfonamides is 1. The van der Waals surface area contributed by atoms with Gasteiger partial charge < -0.3 is 0 Å². The van der Waals surface area contributed by atoms with E-state index >= 15 is 0 Å². The lowest BCUT2D eigenvalue weighted by atomic mass is 10.4. The lowest BCUT2D eigenvalue weighted by molar-refractivity contribution is 0.582. The quantitative estimate of drug-likeness (QED) is 0.873. The minimum absolute atomic E-state index is 0.0886. The lowest BCUT2D eigenvalue weighted by Gasteiger charge is -2.07. The van der Waals surface area contributed by atoms with Gasteiger partial charge in [0.05, 0.1) is 5.02 Å². The molecule has 2 rings (SSSR count). The third-order valence-electron chi connectivity index (χ3n) is 2.42. The molecule has 1 N–H and O–H groups in total. The highest BCUT2D eigenvalue weighted by atomic mass is 79.9. The van der Waals surface area contributed by atoms with Crippen LogP contribution >= 0.6 is 38.9 Å². The second-order valence-electron chi connectivity index (χ2n) is 3.91. The molecule has 0 fully saturated rings. The van der Waals surface area contributed by atoms with Gasteiger partial charge in [-0.25, -0.2) is 13.1 Å². The summed E-state index contributed by atoms with van der Waals surface area (Å²) in [6, 6.07) is 8.56. The molecule has 1 aromatic heterocycles. The summed E-state index contributed by atoms with van der Waals surface area (Å²) in [5.74, 6) is 0. The predicted molar refractivity (Wildman–Crippen MR) is 82.2 cm³/mol. The van der Waals surface area contributed by atoms with Crippen molar-refractivity contribution < 1.29 is 8.42 Å². The molecule has 0 aliphatic carbocycles. The third-order valence-corrected chi connectivity index (χ3v) is 5.79. The molecule has 0 spiro atoms. The minimum atomic E-state index is -3.59. The Bertz CT molecular complexity index is 698. The van der Waals surface area contributed by atoms with E-state index in [4.69, 9.17) is 11.6 Å². The molecule has 0 atom stereocenters. The molecule has 0 amide bonds. The van der Waals surface area contributed by atoms with Gasteiger partial charge in [-0.2, -0.15) is 0 Å². The Morgan fingerprint density at radius 1 is 1.32 bits per heavy atom. The number of thiophene rings is 1. The van der Waals surface area contributed by atoms with Crippen molar-refractivity contribution in [1.82, 2.24) is 4.72 Å². The molecule has 0 unspecified atom stereocenters. The van der Waals surface area contributed by atoms with Gasteiger partial charge in [0.2, 0.25) is 10.0 Å². The Kier molecular flexibility index (Phi) is 4.68. The summed E-state index contributed by atoms with van der Waals surface area (Å²) < 4.78 is 27.6. The standard InChI is InChI=1S/C12H11BrClNO2S2/c1-8-2-4-10(18-8)7-15-19(16,17)12-5-3-9(13)6-11(12)14/h2-6,15H,7H2,1H3. The smallest absolute Gasteiger partial charge is 0.207 e. The van der Waals surface area contributed by atoms with Crippen molar-refractivity contribution in [3.63, 3.8) is 0 Å². The van der Waals surface area contributed by atoms with Gasteiger partial charge in [-0.05, 0) is 37.3 Å². The number of benzene rings is 1. The van der Waals surface area contributed by atoms with Crippen LogP contribution < -0.4 is 4.72 Å². The summed E-state index contributed by atoms with van der Waals surface area (Å²) in [4.78, 5) is 2.20. The van der Waals surface area contributed by atoms with Crippen molar-refractivity contribution in [2.45, 2.75) is 18.4 Å². The molecule has 2 aromatic rings. The molecule has 19 heavy (non-hydrogen) atoms. The normalized spacial score (nSPS) is 11.7. The molecule has 3 nitrogen and oxygen atoms in total. The van der Waals surface area contributed by atoms with Crippen molar-refractivity contribution in [3.8, 4) is 0 Å². The first-order chi connectivity index (χ1) is 8.88. The Morgan fingerprint density at radius 3 is 2.63 bits per heavy atom. The van der Waals surface area contributed by atoms with Gasteiger partial charge in [-0.1, -0.05) is 27.5 Å². The zero-order valence-electron chi connectivity index (χ0n) is 9.98. The van der Waals surface area contributed by atoms with Crippen molar-refractivity contribution in [1.29, 1.82) is 0 Å². The van der Waals surface area contributed by atoms with E-state index in [-0.39, 0.29) is 16.5 Å². The largest absolute Gasteiger partial charge is 0.242 e. The van der Waals surface area contributed by atoms with Gasteiger partial charge in [0.1, 0.15) is 4.90 Å². The fraction of sp³-hybridized carbons (Fsp3) is 0.167. The van der Waals surface area contributed by atoms with Crippen molar-refractivity contribution in [2.75, 3.05) is 0 Å². The van der Waals surface area contributed by atoms with Gasteiger partial charge in [0.25, 0.3) is 0 Å². The van der Waals surface area contributed by atoms with Gasteiger partial charge in [-0.15, -0.1) is 11.3 Å². The van der Waals surface area contributed by atoms with Crippen LogP contribution in [0.3, 0.4) is 0 Å². The fourth-order valence-corrected chi connectivity index (χ4v) is 4.48. The van der Waals surface area contributed by atoms with Crippen LogP contribution in [0.5, 0.6) is 0 Å². The second kappa shape index (κ2) is 5.93. The Hall–Kier alpha value is -0.400. The zero-order chi connectivity index (χ0) is 14.0. The summed E-state index contributed by atoms with van der Waals surface area (Å²) >= 11 is 10.8. The molecule has 1 aromatic carbocycles. The maximum atomic E-state index is 12.1. The van der Waals surface area contributed by atoms with E-state index in [1.807, 2.05) is 19.1 Å². The SMILES string of the molecule is Cc1ccc(CNS(=O)(=O)c2ccc(Br)cc2Cl)s1. The molecule has 0 saturated heterocycles. The topological polar surface area (TPSA) is 46.2 Å². The first-order valence-electron chi connectivity index (χ1n) is 5.38. The van der Waals surface area contributed by atoms with E-state index in [1.54, 1.807) is 23.5 Å². The molecular formula is C12H11BrClNO2S2. The highest BCUT2D eigenvalue weighted by Gasteiger charge is 2.17. The van der Waals surface area contributed by atoms with E-state index < -0.39 is 10.0 Å². The monoisotopic (exact) mass is 379 g/mol. The number of hydrogen-bond donors (Lipinski definition) is 1. The van der Waals surface area contributed by atoms with Crippen LogP contribution in [-0.4, -0.2) is 8.42 Å². The average molecular weight is 381 g/mol. The molecule has 0 radical (unpaired) electrons. The van der Waals surface area contributed by atoms with Crippen LogP contribution in [0.2, 0.25) is 5.02 Å². The van der Waals surface area contributed by atoms with Gasteiger partial charge >= 0.3 is 0 Å². The maximum Gasteiger partial charge on any atom is 0.242 e. The second-order valence-corrected chi connectivity index (χ2v) is 8.34. The average Bonchev–Trinajstić information content (AvgIpc) is 2.72. The van der Waals surface area contributed by atoms with Gasteiger partial charge in [-0.3, -0.25) is 0 Å². The summed E-state index contributed by atoms with van der Waals surface area (Å²) in [7, 11) is -3.59. The van der Waals surface area contributed by atoms with Gasteiger partial charge in [0.15, 0.2) is 0 Å². The molecule has 0 aliphatic rings. The molecule has 102 valence electrons. The molecular weight excluding hydrogens is 370 g/mol. The Balaban J connectivity index is 2.18. The first kappa shape index (κ1) is 15.0. The third kappa shape index (κ3) is 3.79. The van der Waals surface area contributed by atoms with Crippen LogP contribution in [0.25, 0.3) is 0 Å². The molecule has 1 heterocycles. The molecule has 0 bridgehead atoms. The van der Waals surface area contributed by atoms with E-state index in [0.29, 0.717) is 0 Å². The van der Waals surface area contributed by atoms with Crippen molar-refractivity contribution in [3.05, 3.63) is 49.6 Å². The maximum absolute atomic E-state index is 12.1. The number of nitrogens with one attached hydrogen (secondary N) is 1.